The van der Waals surface area contributed by atoms with Crippen molar-refractivity contribution in [1.29, 1.82) is 0 Å². The zero-order chi connectivity index (χ0) is 16.7. The van der Waals surface area contributed by atoms with E-state index in [2.05, 4.69) is 15.5 Å². The topological polar surface area (TPSA) is 73.9 Å². The van der Waals surface area contributed by atoms with Crippen molar-refractivity contribution in [2.45, 2.75) is 26.3 Å². The summed E-state index contributed by atoms with van der Waals surface area (Å²) >= 11 is 0. The lowest BCUT2D eigenvalue weighted by atomic mass is 10.1. The van der Waals surface area contributed by atoms with Crippen LogP contribution in [0.5, 0.6) is 0 Å². The van der Waals surface area contributed by atoms with Gasteiger partial charge in [-0.05, 0) is 13.5 Å². The van der Waals surface area contributed by atoms with E-state index in [0.29, 0.717) is 26.1 Å². The Bertz CT molecular complexity index is 409. The van der Waals surface area contributed by atoms with Crippen LogP contribution in [0.3, 0.4) is 0 Å². The molecule has 9 heteroatoms. The van der Waals surface area contributed by atoms with Gasteiger partial charge in [0.05, 0.1) is 19.1 Å². The number of carbonyl (C=O) groups is 2. The number of halogens is 2. The minimum Gasteiger partial charge on any atom is -0.379 e. The molecule has 2 rings (SSSR count). The van der Waals surface area contributed by atoms with E-state index in [0.717, 1.165) is 39.4 Å². The number of hydrogen-bond acceptors (Lipinski definition) is 5. The number of amides is 2. The van der Waals surface area contributed by atoms with Gasteiger partial charge in [-0.1, -0.05) is 6.92 Å². The van der Waals surface area contributed by atoms with E-state index < -0.39 is 0 Å². The SMILES string of the molecule is CCN[C@H](C)CNC(=O)C1CC(=O)N(CCN2CCOCC2)C1.Cl.Cl. The van der Waals surface area contributed by atoms with E-state index in [4.69, 9.17) is 4.74 Å². The number of rotatable bonds is 8. The molecule has 2 aliphatic rings. The Morgan fingerprint density at radius 3 is 2.60 bits per heavy atom. The first-order chi connectivity index (χ1) is 11.1. The largest absolute Gasteiger partial charge is 0.379 e. The summed E-state index contributed by atoms with van der Waals surface area (Å²) < 4.78 is 5.32. The highest BCUT2D eigenvalue weighted by Crippen LogP contribution is 2.17. The van der Waals surface area contributed by atoms with Crippen molar-refractivity contribution in [2.24, 2.45) is 5.92 Å². The van der Waals surface area contributed by atoms with E-state index in [-0.39, 0.29) is 48.6 Å². The molecule has 0 radical (unpaired) electrons. The van der Waals surface area contributed by atoms with Crippen LogP contribution in [0.1, 0.15) is 20.3 Å². The molecule has 2 fully saturated rings. The molecule has 0 spiro atoms. The average Bonchev–Trinajstić information content (AvgIpc) is 2.93. The van der Waals surface area contributed by atoms with Crippen LogP contribution in [-0.4, -0.2) is 86.7 Å². The second-order valence-electron chi connectivity index (χ2n) is 6.40. The van der Waals surface area contributed by atoms with Crippen molar-refractivity contribution in [3.05, 3.63) is 0 Å². The molecule has 148 valence electrons. The molecular formula is C16H32Cl2N4O3. The van der Waals surface area contributed by atoms with Gasteiger partial charge in [0.25, 0.3) is 0 Å². The lowest BCUT2D eigenvalue weighted by molar-refractivity contribution is -0.129. The zero-order valence-electron chi connectivity index (χ0n) is 15.2. The quantitative estimate of drug-likeness (QED) is 0.607. The average molecular weight is 399 g/mol. The second-order valence-corrected chi connectivity index (χ2v) is 6.40. The van der Waals surface area contributed by atoms with Crippen LogP contribution >= 0.6 is 24.8 Å². The van der Waals surface area contributed by atoms with Crippen LogP contribution in [-0.2, 0) is 14.3 Å². The summed E-state index contributed by atoms with van der Waals surface area (Å²) in [4.78, 5) is 28.4. The summed E-state index contributed by atoms with van der Waals surface area (Å²) in [5.41, 5.74) is 0. The Balaban J connectivity index is 0.00000288. The summed E-state index contributed by atoms with van der Waals surface area (Å²) in [5.74, 6) is -0.115. The third-order valence-corrected chi connectivity index (χ3v) is 4.51. The fraction of sp³-hybridized carbons (Fsp3) is 0.875. The van der Waals surface area contributed by atoms with E-state index in [1.54, 1.807) is 0 Å². The lowest BCUT2D eigenvalue weighted by Crippen LogP contribution is -2.43. The predicted octanol–water partition coefficient (Wildman–Crippen LogP) is 0.125. The minimum absolute atomic E-state index is 0. The lowest BCUT2D eigenvalue weighted by Gasteiger charge is -2.28. The molecule has 0 aliphatic carbocycles. The highest BCUT2D eigenvalue weighted by molar-refractivity contribution is 5.89. The van der Waals surface area contributed by atoms with Crippen LogP contribution < -0.4 is 10.6 Å². The van der Waals surface area contributed by atoms with Crippen LogP contribution in [0.15, 0.2) is 0 Å². The van der Waals surface area contributed by atoms with E-state index >= 15 is 0 Å². The Kier molecular flexibility index (Phi) is 12.4. The molecular weight excluding hydrogens is 367 g/mol. The monoisotopic (exact) mass is 398 g/mol. The number of nitrogens with one attached hydrogen (secondary N) is 2. The first-order valence-electron chi connectivity index (χ1n) is 8.69. The van der Waals surface area contributed by atoms with Crippen molar-refractivity contribution in [2.75, 3.05) is 59.0 Å². The molecule has 2 atom stereocenters. The van der Waals surface area contributed by atoms with Crippen molar-refractivity contribution in [3.63, 3.8) is 0 Å². The molecule has 2 heterocycles. The van der Waals surface area contributed by atoms with Crippen LogP contribution in [0.25, 0.3) is 0 Å². The molecule has 7 nitrogen and oxygen atoms in total. The van der Waals surface area contributed by atoms with Gasteiger partial charge < -0.3 is 20.3 Å². The maximum absolute atomic E-state index is 12.2. The molecule has 0 aromatic carbocycles. The molecule has 0 aromatic heterocycles. The molecule has 0 bridgehead atoms. The molecule has 1 unspecified atom stereocenters. The van der Waals surface area contributed by atoms with Crippen LogP contribution in [0.4, 0.5) is 0 Å². The van der Waals surface area contributed by atoms with Gasteiger partial charge in [0.2, 0.25) is 11.8 Å². The highest BCUT2D eigenvalue weighted by Gasteiger charge is 2.34. The summed E-state index contributed by atoms with van der Waals surface area (Å²) in [5, 5.41) is 6.21. The van der Waals surface area contributed by atoms with Crippen molar-refractivity contribution < 1.29 is 14.3 Å². The number of likely N-dealkylation sites (N-methyl/N-ethyl adjacent to an activating group) is 1. The zero-order valence-corrected chi connectivity index (χ0v) is 16.8. The van der Waals surface area contributed by atoms with Crippen LogP contribution in [0.2, 0.25) is 0 Å². The van der Waals surface area contributed by atoms with Gasteiger partial charge >= 0.3 is 0 Å². The summed E-state index contributed by atoms with van der Waals surface area (Å²) in [6.45, 7) is 11.1. The minimum atomic E-state index is -0.207. The van der Waals surface area contributed by atoms with Crippen LogP contribution in [0, 0.1) is 5.92 Å². The van der Waals surface area contributed by atoms with Gasteiger partial charge in [0, 0.05) is 51.7 Å². The molecule has 2 amide bonds. The maximum Gasteiger partial charge on any atom is 0.225 e. The number of morpholine rings is 1. The second kappa shape index (κ2) is 12.7. The number of ether oxygens (including phenoxy) is 1. The molecule has 2 saturated heterocycles. The van der Waals surface area contributed by atoms with Gasteiger partial charge in [0.15, 0.2) is 0 Å². The van der Waals surface area contributed by atoms with Gasteiger partial charge in [-0.25, -0.2) is 0 Å². The molecule has 2 aliphatic heterocycles. The highest BCUT2D eigenvalue weighted by atomic mass is 35.5. The third-order valence-electron chi connectivity index (χ3n) is 4.51. The Morgan fingerprint density at radius 2 is 1.96 bits per heavy atom. The Labute approximate surface area is 163 Å². The van der Waals surface area contributed by atoms with E-state index in [9.17, 15) is 9.59 Å². The summed E-state index contributed by atoms with van der Waals surface area (Å²) in [6, 6.07) is 0.249. The smallest absolute Gasteiger partial charge is 0.225 e. The maximum atomic E-state index is 12.2. The van der Waals surface area contributed by atoms with E-state index in [1.165, 1.54) is 0 Å². The summed E-state index contributed by atoms with van der Waals surface area (Å²) in [6.07, 6.45) is 0.338. The summed E-state index contributed by atoms with van der Waals surface area (Å²) in [7, 11) is 0. The van der Waals surface area contributed by atoms with Gasteiger partial charge in [-0.2, -0.15) is 0 Å². The standard InChI is InChI=1S/C16H30N4O3.2ClH/c1-3-17-13(2)11-18-16(22)14-10-15(21)20(12-14)5-4-19-6-8-23-9-7-19;;/h13-14,17H,3-12H2,1-2H3,(H,18,22);2*1H/t13-,14?;;/m1../s1. The van der Waals surface area contributed by atoms with Gasteiger partial charge in [0.1, 0.15) is 0 Å². The first-order valence-corrected chi connectivity index (χ1v) is 8.69. The number of carbonyl (C=O) groups excluding carboxylic acids is 2. The third kappa shape index (κ3) is 8.09. The number of hydrogen-bond donors (Lipinski definition) is 2. The molecule has 0 saturated carbocycles. The molecule has 2 N–H and O–H groups in total. The van der Waals surface area contributed by atoms with Gasteiger partial charge in [-0.3, -0.25) is 14.5 Å². The van der Waals surface area contributed by atoms with Gasteiger partial charge in [-0.15, -0.1) is 24.8 Å². The molecule has 0 aromatic rings. The van der Waals surface area contributed by atoms with Crippen molar-refractivity contribution >= 4 is 36.6 Å². The normalized spacial score (nSPS) is 22.1. The van der Waals surface area contributed by atoms with Crippen molar-refractivity contribution in [1.82, 2.24) is 20.4 Å². The molecule has 25 heavy (non-hydrogen) atoms. The number of likely N-dealkylation sites (tertiary alicyclic amines) is 1. The van der Waals surface area contributed by atoms with E-state index in [1.807, 2.05) is 18.7 Å². The fourth-order valence-electron chi connectivity index (χ4n) is 3.07. The number of nitrogens with zero attached hydrogens (tertiary/aromatic N) is 2. The predicted molar refractivity (Wildman–Crippen MR) is 103 cm³/mol. The Hall–Kier alpha value is -0.600. The Morgan fingerprint density at radius 1 is 1.28 bits per heavy atom. The first kappa shape index (κ1) is 24.4. The van der Waals surface area contributed by atoms with Crippen molar-refractivity contribution in [3.8, 4) is 0 Å². The fourth-order valence-corrected chi connectivity index (χ4v) is 3.07.